The lowest BCUT2D eigenvalue weighted by atomic mass is 9.64. The fraction of sp³-hybridized carbons (Fsp3) is 0.600. The van der Waals surface area contributed by atoms with E-state index in [4.69, 9.17) is 4.74 Å². The van der Waals surface area contributed by atoms with Gasteiger partial charge in [0.15, 0.2) is 0 Å². The molecule has 1 aliphatic rings. The van der Waals surface area contributed by atoms with Crippen LogP contribution in [0.3, 0.4) is 0 Å². The number of anilines is 1. The van der Waals surface area contributed by atoms with Gasteiger partial charge in [-0.2, -0.15) is 13.2 Å². The predicted molar refractivity (Wildman–Crippen MR) is 72.7 cm³/mol. The fourth-order valence-electron chi connectivity index (χ4n) is 2.57. The zero-order chi connectivity index (χ0) is 15.0. The lowest BCUT2D eigenvalue weighted by Crippen LogP contribution is -2.58. The van der Waals surface area contributed by atoms with Gasteiger partial charge in [0.1, 0.15) is 0 Å². The van der Waals surface area contributed by atoms with Crippen LogP contribution >= 0.6 is 0 Å². The van der Waals surface area contributed by atoms with Crippen LogP contribution in [0.4, 0.5) is 18.9 Å². The van der Waals surface area contributed by atoms with E-state index in [1.807, 2.05) is 6.92 Å². The first-order chi connectivity index (χ1) is 9.25. The minimum Gasteiger partial charge on any atom is -0.382 e. The van der Waals surface area contributed by atoms with E-state index < -0.39 is 11.7 Å². The van der Waals surface area contributed by atoms with E-state index in [1.54, 1.807) is 0 Å². The molecule has 0 bridgehead atoms. The van der Waals surface area contributed by atoms with Crippen molar-refractivity contribution in [3.63, 3.8) is 0 Å². The second-order valence-corrected chi connectivity index (χ2v) is 5.77. The smallest absolute Gasteiger partial charge is 0.382 e. The van der Waals surface area contributed by atoms with Gasteiger partial charge < -0.3 is 10.1 Å². The first-order valence-electron chi connectivity index (χ1n) is 6.80. The van der Waals surface area contributed by atoms with Gasteiger partial charge in [0.05, 0.1) is 11.7 Å². The highest BCUT2D eigenvalue weighted by Crippen LogP contribution is 2.44. The third kappa shape index (κ3) is 2.92. The number of rotatable bonds is 4. The van der Waals surface area contributed by atoms with Gasteiger partial charge in [-0.3, -0.25) is 0 Å². The minimum absolute atomic E-state index is 0.0152. The van der Waals surface area contributed by atoms with Crippen LogP contribution in [0.25, 0.3) is 0 Å². The Morgan fingerprint density at radius 2 is 1.85 bits per heavy atom. The van der Waals surface area contributed by atoms with E-state index in [2.05, 4.69) is 19.2 Å². The van der Waals surface area contributed by atoms with Crippen molar-refractivity contribution in [2.75, 3.05) is 11.9 Å². The molecule has 2 nitrogen and oxygen atoms in total. The Morgan fingerprint density at radius 3 is 2.30 bits per heavy atom. The van der Waals surface area contributed by atoms with Crippen LogP contribution in [-0.2, 0) is 10.9 Å². The molecule has 112 valence electrons. The highest BCUT2D eigenvalue weighted by Gasteiger charge is 2.48. The summed E-state index contributed by atoms with van der Waals surface area (Å²) in [5, 5.41) is 3.29. The molecule has 5 heteroatoms. The van der Waals surface area contributed by atoms with E-state index in [0.29, 0.717) is 12.3 Å². The van der Waals surface area contributed by atoms with Gasteiger partial charge >= 0.3 is 6.18 Å². The maximum atomic E-state index is 12.5. The number of halogens is 3. The zero-order valence-electron chi connectivity index (χ0n) is 11.9. The number of benzene rings is 1. The predicted octanol–water partition coefficient (Wildman–Crippen LogP) is 4.32. The van der Waals surface area contributed by atoms with Crippen LogP contribution in [-0.4, -0.2) is 18.8 Å². The average Bonchev–Trinajstić information content (AvgIpc) is 2.37. The molecule has 0 amide bonds. The van der Waals surface area contributed by atoms with Crippen LogP contribution in [0.1, 0.15) is 32.8 Å². The zero-order valence-corrected chi connectivity index (χ0v) is 11.9. The van der Waals surface area contributed by atoms with Gasteiger partial charge in [-0.1, -0.05) is 13.8 Å². The lowest BCUT2D eigenvalue weighted by molar-refractivity contribution is -0.137. The summed E-state index contributed by atoms with van der Waals surface area (Å²) in [6, 6.07) is 5.39. The molecule has 0 radical (unpaired) electrons. The van der Waals surface area contributed by atoms with E-state index in [0.717, 1.165) is 18.6 Å². The molecule has 1 aromatic rings. The van der Waals surface area contributed by atoms with Gasteiger partial charge in [0.2, 0.25) is 0 Å². The molecule has 0 saturated heterocycles. The fourth-order valence-corrected chi connectivity index (χ4v) is 2.57. The summed E-state index contributed by atoms with van der Waals surface area (Å²) in [4.78, 5) is 0. The molecule has 2 rings (SSSR count). The molecule has 20 heavy (non-hydrogen) atoms. The first kappa shape index (κ1) is 15.2. The third-order valence-corrected chi connectivity index (χ3v) is 4.10. The highest BCUT2D eigenvalue weighted by molar-refractivity contribution is 5.47. The van der Waals surface area contributed by atoms with E-state index in [9.17, 15) is 13.2 Å². The summed E-state index contributed by atoms with van der Waals surface area (Å²) >= 11 is 0. The Balaban J connectivity index is 1.98. The molecule has 2 unspecified atom stereocenters. The van der Waals surface area contributed by atoms with Gasteiger partial charge in [-0.05, 0) is 37.6 Å². The standard InChI is InChI=1S/C15H20F3NO/c1-4-20-13-9-12(14(13,2)3)19-11-7-5-10(6-8-11)15(16,17)18/h5-8,12-13,19H,4,9H2,1-3H3. The summed E-state index contributed by atoms with van der Waals surface area (Å²) < 4.78 is 43.1. The van der Waals surface area contributed by atoms with Crippen molar-refractivity contribution < 1.29 is 17.9 Å². The van der Waals surface area contributed by atoms with Crippen molar-refractivity contribution in [2.24, 2.45) is 5.41 Å². The molecule has 0 heterocycles. The molecule has 1 aliphatic carbocycles. The summed E-state index contributed by atoms with van der Waals surface area (Å²) in [6.07, 6.45) is -3.20. The van der Waals surface area contributed by atoms with Gasteiger partial charge in [-0.25, -0.2) is 0 Å². The van der Waals surface area contributed by atoms with Crippen molar-refractivity contribution >= 4 is 5.69 Å². The number of hydrogen-bond acceptors (Lipinski definition) is 2. The molecule has 0 aliphatic heterocycles. The van der Waals surface area contributed by atoms with Crippen LogP contribution in [0.5, 0.6) is 0 Å². The van der Waals surface area contributed by atoms with Crippen LogP contribution in [0, 0.1) is 5.41 Å². The number of nitrogens with one attached hydrogen (secondary N) is 1. The molecule has 1 saturated carbocycles. The minimum atomic E-state index is -4.28. The second kappa shape index (κ2) is 5.28. The SMILES string of the molecule is CCOC1CC(Nc2ccc(C(F)(F)F)cc2)C1(C)C. The molecule has 1 N–H and O–H groups in total. The molecular formula is C15H20F3NO. The van der Waals surface area contributed by atoms with Crippen molar-refractivity contribution in [1.82, 2.24) is 0 Å². The highest BCUT2D eigenvalue weighted by atomic mass is 19.4. The van der Waals surface area contributed by atoms with Gasteiger partial charge in [-0.15, -0.1) is 0 Å². The largest absolute Gasteiger partial charge is 0.416 e. The molecule has 0 spiro atoms. The number of hydrogen-bond donors (Lipinski definition) is 1. The average molecular weight is 287 g/mol. The molecule has 0 aromatic heterocycles. The van der Waals surface area contributed by atoms with Crippen molar-refractivity contribution in [3.05, 3.63) is 29.8 Å². The lowest BCUT2D eigenvalue weighted by Gasteiger charge is -2.52. The van der Waals surface area contributed by atoms with Crippen molar-refractivity contribution in [2.45, 2.75) is 45.5 Å². The Morgan fingerprint density at radius 1 is 1.25 bits per heavy atom. The molecule has 1 fully saturated rings. The molecular weight excluding hydrogens is 267 g/mol. The molecule has 2 atom stereocenters. The van der Waals surface area contributed by atoms with Crippen molar-refractivity contribution in [3.8, 4) is 0 Å². The normalized spacial score (nSPS) is 25.1. The number of ether oxygens (including phenoxy) is 1. The Labute approximate surface area is 117 Å². The maximum absolute atomic E-state index is 12.5. The Bertz CT molecular complexity index is 453. The summed E-state index contributed by atoms with van der Waals surface area (Å²) in [6.45, 7) is 6.87. The maximum Gasteiger partial charge on any atom is 0.416 e. The van der Waals surface area contributed by atoms with Crippen LogP contribution in [0.15, 0.2) is 24.3 Å². The van der Waals surface area contributed by atoms with Crippen LogP contribution in [0.2, 0.25) is 0 Å². The van der Waals surface area contributed by atoms with E-state index >= 15 is 0 Å². The topological polar surface area (TPSA) is 21.3 Å². The second-order valence-electron chi connectivity index (χ2n) is 5.77. The van der Waals surface area contributed by atoms with E-state index in [1.165, 1.54) is 12.1 Å². The third-order valence-electron chi connectivity index (χ3n) is 4.10. The number of alkyl halides is 3. The Hall–Kier alpha value is -1.23. The van der Waals surface area contributed by atoms with Crippen molar-refractivity contribution in [1.29, 1.82) is 0 Å². The van der Waals surface area contributed by atoms with Crippen LogP contribution < -0.4 is 5.32 Å². The Kier molecular flexibility index (Phi) is 4.00. The summed E-state index contributed by atoms with van der Waals surface area (Å²) in [5.41, 5.74) is 0.0766. The first-order valence-corrected chi connectivity index (χ1v) is 6.80. The monoisotopic (exact) mass is 287 g/mol. The quantitative estimate of drug-likeness (QED) is 0.890. The summed E-state index contributed by atoms with van der Waals surface area (Å²) in [7, 11) is 0. The van der Waals surface area contributed by atoms with E-state index in [-0.39, 0.29) is 17.6 Å². The molecule has 1 aromatic carbocycles. The van der Waals surface area contributed by atoms with Gasteiger partial charge in [0, 0.05) is 23.8 Å². The van der Waals surface area contributed by atoms with Gasteiger partial charge in [0.25, 0.3) is 0 Å². The summed E-state index contributed by atoms with van der Waals surface area (Å²) in [5.74, 6) is 0.